The van der Waals surface area contributed by atoms with Crippen LogP contribution in [-0.2, 0) is 9.53 Å². The molecule has 1 atom stereocenters. The molecule has 2 saturated heterocycles. The third-order valence-electron chi connectivity index (χ3n) is 5.00. The molecule has 0 unspecified atom stereocenters. The number of ether oxygens (including phenoxy) is 2. The van der Waals surface area contributed by atoms with Crippen LogP contribution in [0, 0.1) is 0 Å². The lowest BCUT2D eigenvalue weighted by molar-refractivity contribution is -0.163. The van der Waals surface area contributed by atoms with Crippen LogP contribution in [0.4, 0.5) is 0 Å². The summed E-state index contributed by atoms with van der Waals surface area (Å²) in [6.45, 7) is 7.60. The van der Waals surface area contributed by atoms with Gasteiger partial charge in [-0.2, -0.15) is 0 Å². The minimum absolute atomic E-state index is 0.169. The predicted molar refractivity (Wildman–Crippen MR) is 93.2 cm³/mol. The van der Waals surface area contributed by atoms with E-state index in [-0.39, 0.29) is 5.91 Å². The summed E-state index contributed by atoms with van der Waals surface area (Å²) in [7, 11) is 0. The Balaban J connectivity index is 1.40. The summed E-state index contributed by atoms with van der Waals surface area (Å²) in [5.74, 6) is 1.08. The molecular weight excluding hydrogens is 304 g/mol. The minimum atomic E-state index is -0.600. The molecule has 2 aliphatic rings. The second kappa shape index (κ2) is 7.99. The fourth-order valence-corrected chi connectivity index (χ4v) is 3.42. The van der Waals surface area contributed by atoms with Crippen LogP contribution in [0.3, 0.4) is 0 Å². The quantitative estimate of drug-likeness (QED) is 0.829. The van der Waals surface area contributed by atoms with Crippen LogP contribution in [-0.4, -0.2) is 67.2 Å². The van der Waals surface area contributed by atoms with Crippen LogP contribution >= 0.6 is 0 Å². The van der Waals surface area contributed by atoms with E-state index in [0.717, 1.165) is 57.7 Å². The Kier molecular flexibility index (Phi) is 5.74. The van der Waals surface area contributed by atoms with Gasteiger partial charge in [0.25, 0.3) is 5.91 Å². The zero-order chi connectivity index (χ0) is 16.8. The highest BCUT2D eigenvalue weighted by atomic mass is 16.5. The van der Waals surface area contributed by atoms with E-state index in [1.165, 1.54) is 0 Å². The molecule has 1 amide bonds. The van der Waals surface area contributed by atoms with Gasteiger partial charge in [-0.1, -0.05) is 18.2 Å². The number of carbonyl (C=O) groups excluding carboxylic acids is 1. The molecule has 0 radical (unpaired) electrons. The minimum Gasteiger partial charge on any atom is -0.492 e. The summed E-state index contributed by atoms with van der Waals surface area (Å²) in [6, 6.07) is 9.89. The number of para-hydroxylation sites is 1. The number of rotatable bonds is 5. The first kappa shape index (κ1) is 17.2. The molecule has 2 heterocycles. The lowest BCUT2D eigenvalue weighted by atomic mass is 9.94. The first-order chi connectivity index (χ1) is 11.7. The third-order valence-corrected chi connectivity index (χ3v) is 5.00. The van der Waals surface area contributed by atoms with Crippen molar-refractivity contribution in [3.63, 3.8) is 0 Å². The van der Waals surface area contributed by atoms with E-state index in [0.29, 0.717) is 13.2 Å². The molecule has 3 rings (SSSR count). The zero-order valence-electron chi connectivity index (χ0n) is 14.6. The number of hydrogen-bond donors (Lipinski definition) is 0. The smallest absolute Gasteiger partial charge is 0.254 e. The van der Waals surface area contributed by atoms with Crippen LogP contribution in [0.2, 0.25) is 0 Å². The maximum absolute atomic E-state index is 12.7. The van der Waals surface area contributed by atoms with Crippen molar-refractivity contribution in [2.45, 2.75) is 31.8 Å². The van der Waals surface area contributed by atoms with Gasteiger partial charge in [-0.15, -0.1) is 0 Å². The number of piperazine rings is 1. The van der Waals surface area contributed by atoms with E-state index in [1.54, 1.807) is 0 Å². The molecule has 5 nitrogen and oxygen atoms in total. The van der Waals surface area contributed by atoms with Crippen molar-refractivity contribution >= 4 is 5.91 Å². The molecule has 24 heavy (non-hydrogen) atoms. The molecule has 132 valence electrons. The first-order valence-electron chi connectivity index (χ1n) is 9.01. The Hall–Kier alpha value is -1.59. The van der Waals surface area contributed by atoms with Gasteiger partial charge in [0, 0.05) is 39.3 Å². The van der Waals surface area contributed by atoms with Crippen molar-refractivity contribution in [3.8, 4) is 5.75 Å². The van der Waals surface area contributed by atoms with Gasteiger partial charge < -0.3 is 14.4 Å². The molecule has 0 aliphatic carbocycles. The van der Waals surface area contributed by atoms with Crippen molar-refractivity contribution < 1.29 is 14.3 Å². The van der Waals surface area contributed by atoms with Gasteiger partial charge in [0.15, 0.2) is 0 Å². The molecule has 0 bridgehead atoms. The van der Waals surface area contributed by atoms with E-state index < -0.39 is 5.60 Å². The van der Waals surface area contributed by atoms with Gasteiger partial charge in [0.2, 0.25) is 0 Å². The zero-order valence-corrected chi connectivity index (χ0v) is 14.6. The van der Waals surface area contributed by atoms with Gasteiger partial charge in [-0.3, -0.25) is 9.69 Å². The summed E-state index contributed by atoms with van der Waals surface area (Å²) >= 11 is 0. The van der Waals surface area contributed by atoms with E-state index in [1.807, 2.05) is 42.2 Å². The lowest BCUT2D eigenvalue weighted by Gasteiger charge is -2.41. The summed E-state index contributed by atoms with van der Waals surface area (Å²) < 4.78 is 11.5. The fraction of sp³-hybridized carbons (Fsp3) is 0.632. The number of hydrogen-bond acceptors (Lipinski definition) is 4. The summed E-state index contributed by atoms with van der Waals surface area (Å²) in [4.78, 5) is 17.1. The van der Waals surface area contributed by atoms with Gasteiger partial charge >= 0.3 is 0 Å². The second-order valence-electron chi connectivity index (χ2n) is 6.83. The highest BCUT2D eigenvalue weighted by Gasteiger charge is 2.39. The van der Waals surface area contributed by atoms with Crippen LogP contribution in [0.1, 0.15) is 26.2 Å². The van der Waals surface area contributed by atoms with Crippen LogP contribution in [0.5, 0.6) is 5.75 Å². The van der Waals surface area contributed by atoms with Crippen molar-refractivity contribution in [2.24, 2.45) is 0 Å². The summed E-state index contributed by atoms with van der Waals surface area (Å²) in [6.07, 6.45) is 2.99. The SMILES string of the molecule is C[C@@]1(C(=O)N2CCN(CCOc3ccccc3)CC2)CCCCO1. The van der Waals surface area contributed by atoms with Crippen molar-refractivity contribution in [1.29, 1.82) is 0 Å². The monoisotopic (exact) mass is 332 g/mol. The topological polar surface area (TPSA) is 42.0 Å². The predicted octanol–water partition coefficient (Wildman–Crippen LogP) is 2.17. The van der Waals surface area contributed by atoms with E-state index in [9.17, 15) is 4.79 Å². The second-order valence-corrected chi connectivity index (χ2v) is 6.83. The molecule has 2 aliphatic heterocycles. The first-order valence-corrected chi connectivity index (χ1v) is 9.01. The summed E-state index contributed by atoms with van der Waals surface area (Å²) in [5.41, 5.74) is -0.600. The molecule has 1 aromatic carbocycles. The average molecular weight is 332 g/mol. The fourth-order valence-electron chi connectivity index (χ4n) is 3.42. The Morgan fingerprint density at radius 2 is 1.92 bits per heavy atom. The Morgan fingerprint density at radius 3 is 2.58 bits per heavy atom. The largest absolute Gasteiger partial charge is 0.492 e. The third kappa shape index (κ3) is 4.28. The standard InChI is InChI=1S/C19H28N2O3/c1-19(9-5-6-15-24-19)18(22)21-12-10-20(11-13-21)14-16-23-17-7-3-2-4-8-17/h2-4,7-8H,5-6,9-16H2,1H3/t19-/m0/s1. The maximum Gasteiger partial charge on any atom is 0.254 e. The molecule has 1 aromatic rings. The normalized spacial score (nSPS) is 25.5. The molecule has 2 fully saturated rings. The molecule has 5 heteroatoms. The summed E-state index contributed by atoms with van der Waals surface area (Å²) in [5, 5.41) is 0. The molecule has 0 spiro atoms. The number of nitrogens with zero attached hydrogens (tertiary/aromatic N) is 2. The van der Waals surface area contributed by atoms with Gasteiger partial charge in [-0.25, -0.2) is 0 Å². The van der Waals surface area contributed by atoms with Crippen molar-refractivity contribution in [1.82, 2.24) is 9.80 Å². The average Bonchev–Trinajstić information content (AvgIpc) is 2.63. The van der Waals surface area contributed by atoms with E-state index >= 15 is 0 Å². The molecule has 0 aromatic heterocycles. The highest BCUT2D eigenvalue weighted by Crippen LogP contribution is 2.27. The van der Waals surface area contributed by atoms with Crippen molar-refractivity contribution in [2.75, 3.05) is 45.9 Å². The highest BCUT2D eigenvalue weighted by molar-refractivity contribution is 5.85. The number of amides is 1. The number of benzene rings is 1. The molecule has 0 N–H and O–H groups in total. The number of carbonyl (C=O) groups is 1. The van der Waals surface area contributed by atoms with Gasteiger partial charge in [0.1, 0.15) is 18.0 Å². The molecular formula is C19H28N2O3. The van der Waals surface area contributed by atoms with Crippen molar-refractivity contribution in [3.05, 3.63) is 30.3 Å². The van der Waals surface area contributed by atoms with Gasteiger partial charge in [-0.05, 0) is 38.3 Å². The van der Waals surface area contributed by atoms with Crippen LogP contribution in [0.25, 0.3) is 0 Å². The Labute approximate surface area is 144 Å². The van der Waals surface area contributed by atoms with Crippen LogP contribution < -0.4 is 4.74 Å². The molecule has 0 saturated carbocycles. The van der Waals surface area contributed by atoms with Crippen LogP contribution in [0.15, 0.2) is 30.3 Å². The maximum atomic E-state index is 12.7. The Bertz CT molecular complexity index is 521. The van der Waals surface area contributed by atoms with Gasteiger partial charge in [0.05, 0.1) is 0 Å². The Morgan fingerprint density at radius 1 is 1.17 bits per heavy atom. The van der Waals surface area contributed by atoms with E-state index in [2.05, 4.69) is 4.90 Å². The lowest BCUT2D eigenvalue weighted by Crippen LogP contribution is -2.56. The van der Waals surface area contributed by atoms with E-state index in [4.69, 9.17) is 9.47 Å².